The second kappa shape index (κ2) is 12.8. The summed E-state index contributed by atoms with van der Waals surface area (Å²) < 4.78 is 16.2. The molecule has 11 nitrogen and oxygen atoms in total. The highest BCUT2D eigenvalue weighted by Crippen LogP contribution is 2.29. The van der Waals surface area contributed by atoms with E-state index in [1.165, 1.54) is 10.5 Å². The first-order chi connectivity index (χ1) is 19.1. The molecule has 0 aliphatic carbocycles. The number of cyclic esters (lactones) is 1. The molecule has 0 unspecified atom stereocenters. The normalized spacial score (nSPS) is 17.6. The number of piperazine rings is 1. The zero-order valence-corrected chi connectivity index (χ0v) is 24.5. The van der Waals surface area contributed by atoms with E-state index in [9.17, 15) is 9.59 Å². The smallest absolute Gasteiger partial charge is 0.415 e. The zero-order chi connectivity index (χ0) is 28.9. The number of carbonyl (C=O) groups is 2. The molecule has 0 spiro atoms. The molecule has 2 aliphatic heterocycles. The van der Waals surface area contributed by atoms with Gasteiger partial charge in [-0.05, 0) is 52.2 Å². The monoisotopic (exact) mass is 554 g/mol. The number of ether oxygens (including phenoxy) is 3. The Hall–Kier alpha value is -3.44. The van der Waals surface area contributed by atoms with Gasteiger partial charge in [0.05, 0.1) is 11.6 Å². The molecule has 11 heteroatoms. The Morgan fingerprint density at radius 1 is 1.12 bits per heavy atom. The van der Waals surface area contributed by atoms with Crippen molar-refractivity contribution >= 4 is 24.0 Å². The maximum atomic E-state index is 12.5. The van der Waals surface area contributed by atoms with Gasteiger partial charge in [0.1, 0.15) is 18.0 Å². The largest absolute Gasteiger partial charge is 0.444 e. The van der Waals surface area contributed by atoms with Gasteiger partial charge in [0.2, 0.25) is 5.95 Å². The van der Waals surface area contributed by atoms with Gasteiger partial charge in [0.15, 0.2) is 0 Å². The molecule has 4 rings (SSSR count). The van der Waals surface area contributed by atoms with Crippen molar-refractivity contribution in [3.63, 3.8) is 0 Å². The predicted molar refractivity (Wildman–Crippen MR) is 152 cm³/mol. The summed E-state index contributed by atoms with van der Waals surface area (Å²) in [5, 5.41) is 3.36. The van der Waals surface area contributed by atoms with Crippen LogP contribution in [-0.2, 0) is 20.8 Å². The summed E-state index contributed by atoms with van der Waals surface area (Å²) in [7, 11) is 1.72. The average molecular weight is 555 g/mol. The maximum Gasteiger partial charge on any atom is 0.415 e. The molecule has 2 aliphatic rings. The molecule has 1 aromatic carbocycles. The molecule has 1 saturated heterocycles. The van der Waals surface area contributed by atoms with Crippen molar-refractivity contribution in [2.45, 2.75) is 65.3 Å². The molecule has 40 heavy (non-hydrogen) atoms. The maximum absolute atomic E-state index is 12.5. The van der Waals surface area contributed by atoms with E-state index in [4.69, 9.17) is 14.2 Å². The van der Waals surface area contributed by atoms with Crippen LogP contribution in [0, 0.1) is 0 Å². The second-order valence-corrected chi connectivity index (χ2v) is 11.2. The fourth-order valence-corrected chi connectivity index (χ4v) is 5.00. The lowest BCUT2D eigenvalue weighted by Gasteiger charge is -2.40. The molecule has 0 bridgehead atoms. The third-order valence-electron chi connectivity index (χ3n) is 7.15. The van der Waals surface area contributed by atoms with Crippen LogP contribution in [0.1, 0.15) is 69.8 Å². The standard InChI is InChI=1S/C29H42N6O5/c1-7-35-25-23(19-39-28(35)37)18-30-26(32-25)31-20(2)21-8-10-22(11-9-21)24(12-17-38-6)33-13-15-34(16-14-33)27(36)40-29(3,4)5/h8-11,18,20,24H,7,12-17,19H2,1-6H3,(H,30,31,32)/t20-,24-/m0/s1. The summed E-state index contributed by atoms with van der Waals surface area (Å²) in [6, 6.07) is 8.71. The number of fused-ring (bicyclic) bond motifs is 1. The minimum atomic E-state index is -0.501. The average Bonchev–Trinajstić information content (AvgIpc) is 2.93. The number of anilines is 2. The minimum absolute atomic E-state index is 0.0486. The quantitative estimate of drug-likeness (QED) is 0.469. The number of rotatable bonds is 9. The molecule has 3 heterocycles. The minimum Gasteiger partial charge on any atom is -0.444 e. The molecule has 1 fully saturated rings. The van der Waals surface area contributed by atoms with Gasteiger partial charge >= 0.3 is 12.2 Å². The van der Waals surface area contributed by atoms with E-state index < -0.39 is 11.7 Å². The lowest BCUT2D eigenvalue weighted by Crippen LogP contribution is -2.51. The van der Waals surface area contributed by atoms with Crippen LogP contribution in [0.2, 0.25) is 0 Å². The van der Waals surface area contributed by atoms with Crippen LogP contribution in [0.3, 0.4) is 0 Å². The van der Waals surface area contributed by atoms with Gasteiger partial charge in [0, 0.05) is 58.7 Å². The number of hydrogen-bond acceptors (Lipinski definition) is 9. The zero-order valence-electron chi connectivity index (χ0n) is 24.5. The Kier molecular flexibility index (Phi) is 9.47. The highest BCUT2D eigenvalue weighted by molar-refractivity contribution is 5.89. The lowest BCUT2D eigenvalue weighted by atomic mass is 9.98. The summed E-state index contributed by atoms with van der Waals surface area (Å²) in [6.07, 6.45) is 1.92. The summed E-state index contributed by atoms with van der Waals surface area (Å²) in [4.78, 5) is 39.4. The van der Waals surface area contributed by atoms with Crippen molar-refractivity contribution in [2.75, 3.05) is 56.7 Å². The molecular weight excluding hydrogens is 512 g/mol. The molecule has 1 aromatic heterocycles. The first-order valence-corrected chi connectivity index (χ1v) is 14.0. The Balaban J connectivity index is 1.41. The SMILES string of the molecule is CCN1C(=O)OCc2cnc(N[C@@H](C)c3ccc([C@H](CCOC)N4CCN(C(=O)OC(C)(C)C)CC4)cc3)nc21. The highest BCUT2D eigenvalue weighted by Gasteiger charge is 2.30. The van der Waals surface area contributed by atoms with Gasteiger partial charge in [-0.2, -0.15) is 4.98 Å². The van der Waals surface area contributed by atoms with Gasteiger partial charge in [-0.25, -0.2) is 14.6 Å². The topological polar surface area (TPSA) is 109 Å². The van der Waals surface area contributed by atoms with E-state index in [0.29, 0.717) is 38.0 Å². The van der Waals surface area contributed by atoms with Crippen LogP contribution in [0.4, 0.5) is 21.4 Å². The van der Waals surface area contributed by atoms with E-state index in [0.717, 1.165) is 30.6 Å². The van der Waals surface area contributed by atoms with Crippen molar-refractivity contribution in [3.05, 3.63) is 47.2 Å². The van der Waals surface area contributed by atoms with Crippen LogP contribution >= 0.6 is 0 Å². The van der Waals surface area contributed by atoms with Crippen LogP contribution in [0.25, 0.3) is 0 Å². The Bertz CT molecular complexity index is 1160. The van der Waals surface area contributed by atoms with Crippen LogP contribution in [0.5, 0.6) is 0 Å². The number of hydrogen-bond donors (Lipinski definition) is 1. The van der Waals surface area contributed by atoms with Crippen molar-refractivity contribution in [3.8, 4) is 0 Å². The number of methoxy groups -OCH3 is 1. The number of benzene rings is 1. The molecule has 1 N–H and O–H groups in total. The van der Waals surface area contributed by atoms with Crippen molar-refractivity contribution in [1.29, 1.82) is 0 Å². The Morgan fingerprint density at radius 3 is 2.42 bits per heavy atom. The van der Waals surface area contributed by atoms with Crippen LogP contribution < -0.4 is 10.2 Å². The summed E-state index contributed by atoms with van der Waals surface area (Å²) in [5.41, 5.74) is 2.59. The fourth-order valence-electron chi connectivity index (χ4n) is 5.00. The molecule has 2 amide bonds. The second-order valence-electron chi connectivity index (χ2n) is 11.2. The van der Waals surface area contributed by atoms with Gasteiger partial charge in [-0.3, -0.25) is 9.80 Å². The van der Waals surface area contributed by atoms with Crippen molar-refractivity contribution in [1.82, 2.24) is 19.8 Å². The first-order valence-electron chi connectivity index (χ1n) is 14.0. The number of carbonyl (C=O) groups excluding carboxylic acids is 2. The molecule has 2 aromatic rings. The number of nitrogens with zero attached hydrogens (tertiary/aromatic N) is 5. The third-order valence-corrected chi connectivity index (χ3v) is 7.15. The summed E-state index contributed by atoms with van der Waals surface area (Å²) in [6.45, 7) is 13.7. The van der Waals surface area contributed by atoms with Gasteiger partial charge < -0.3 is 24.4 Å². The van der Waals surface area contributed by atoms with Gasteiger partial charge in [-0.1, -0.05) is 24.3 Å². The Labute approximate surface area is 236 Å². The summed E-state index contributed by atoms with van der Waals surface area (Å²) >= 11 is 0. The molecule has 0 radical (unpaired) electrons. The van der Waals surface area contributed by atoms with Crippen LogP contribution in [0.15, 0.2) is 30.5 Å². The summed E-state index contributed by atoms with van der Waals surface area (Å²) in [5.74, 6) is 1.05. The number of nitrogens with one attached hydrogen (secondary N) is 1. The van der Waals surface area contributed by atoms with E-state index >= 15 is 0 Å². The number of amides is 2. The predicted octanol–water partition coefficient (Wildman–Crippen LogP) is 4.76. The molecular formula is C29H42N6O5. The lowest BCUT2D eigenvalue weighted by molar-refractivity contribution is 0.00830. The molecule has 218 valence electrons. The Morgan fingerprint density at radius 2 is 1.80 bits per heavy atom. The van der Waals surface area contributed by atoms with Crippen molar-refractivity contribution < 1.29 is 23.8 Å². The van der Waals surface area contributed by atoms with E-state index in [2.05, 4.69) is 51.4 Å². The molecule has 2 atom stereocenters. The van der Waals surface area contributed by atoms with E-state index in [1.807, 2.05) is 27.7 Å². The first kappa shape index (κ1) is 29.5. The van der Waals surface area contributed by atoms with Gasteiger partial charge in [-0.15, -0.1) is 0 Å². The fraction of sp³-hybridized carbons (Fsp3) is 0.586. The molecule has 0 saturated carbocycles. The van der Waals surface area contributed by atoms with Crippen molar-refractivity contribution in [2.24, 2.45) is 0 Å². The highest BCUT2D eigenvalue weighted by atomic mass is 16.6. The van der Waals surface area contributed by atoms with Crippen LogP contribution in [-0.4, -0.2) is 84.0 Å². The van der Waals surface area contributed by atoms with E-state index in [1.54, 1.807) is 18.2 Å². The van der Waals surface area contributed by atoms with E-state index in [-0.39, 0.29) is 24.8 Å². The number of aromatic nitrogens is 2. The van der Waals surface area contributed by atoms with Gasteiger partial charge in [0.25, 0.3) is 0 Å². The third kappa shape index (κ3) is 7.19.